The van der Waals surface area contributed by atoms with Crippen molar-refractivity contribution in [2.45, 2.75) is 31.3 Å². The van der Waals surface area contributed by atoms with Gasteiger partial charge in [0.25, 0.3) is 0 Å². The fourth-order valence-electron chi connectivity index (χ4n) is 1.72. The van der Waals surface area contributed by atoms with E-state index in [9.17, 15) is 5.11 Å². The zero-order valence-electron chi connectivity index (χ0n) is 6.59. The van der Waals surface area contributed by atoms with Crippen molar-refractivity contribution in [2.75, 3.05) is 0 Å². The van der Waals surface area contributed by atoms with Gasteiger partial charge in [-0.2, -0.15) is 0 Å². The Balaban J connectivity index is 2.34. The summed E-state index contributed by atoms with van der Waals surface area (Å²) in [4.78, 5) is 5.08. The van der Waals surface area contributed by atoms with Crippen molar-refractivity contribution >= 4 is 27.3 Å². The normalized spacial score (nSPS) is 21.5. The quantitative estimate of drug-likeness (QED) is 0.828. The van der Waals surface area contributed by atoms with Crippen LogP contribution in [-0.2, 0) is 5.60 Å². The van der Waals surface area contributed by atoms with Gasteiger partial charge >= 0.3 is 0 Å². The van der Waals surface area contributed by atoms with Gasteiger partial charge in [0.1, 0.15) is 10.2 Å². The molecular weight excluding hydrogens is 238 g/mol. The van der Waals surface area contributed by atoms with Gasteiger partial charge in [0.05, 0.1) is 10.4 Å². The van der Waals surface area contributed by atoms with E-state index in [0.29, 0.717) is 0 Å². The molecule has 0 bridgehead atoms. The third kappa shape index (κ3) is 1.32. The fraction of sp³-hybridized carbons (Fsp3) is 0.625. The maximum absolute atomic E-state index is 10.2. The average molecular weight is 248 g/mol. The van der Waals surface area contributed by atoms with E-state index in [0.717, 1.165) is 35.2 Å². The Bertz CT molecular complexity index is 280. The summed E-state index contributed by atoms with van der Waals surface area (Å²) in [5.74, 6) is 0. The molecule has 0 spiro atoms. The van der Waals surface area contributed by atoms with Gasteiger partial charge in [-0.05, 0) is 28.8 Å². The highest BCUT2D eigenvalue weighted by Gasteiger charge is 2.36. The first-order valence-corrected chi connectivity index (χ1v) is 5.71. The molecule has 0 amide bonds. The lowest BCUT2D eigenvalue weighted by Crippen LogP contribution is -2.19. The number of aromatic nitrogens is 1. The molecule has 1 aliphatic carbocycles. The van der Waals surface area contributed by atoms with Gasteiger partial charge < -0.3 is 5.11 Å². The fourth-order valence-corrected chi connectivity index (χ4v) is 3.45. The number of halogens is 1. The second kappa shape index (κ2) is 3.09. The molecule has 1 saturated carbocycles. The van der Waals surface area contributed by atoms with Crippen molar-refractivity contribution < 1.29 is 5.11 Å². The van der Waals surface area contributed by atoms with Gasteiger partial charge in [0.15, 0.2) is 0 Å². The number of hydrogen-bond donors (Lipinski definition) is 1. The Hall–Kier alpha value is 0.0700. The van der Waals surface area contributed by atoms with E-state index in [1.54, 1.807) is 5.51 Å². The molecule has 2 rings (SSSR count). The number of rotatable bonds is 1. The van der Waals surface area contributed by atoms with Crippen LogP contribution in [0.25, 0.3) is 0 Å². The first-order chi connectivity index (χ1) is 5.72. The van der Waals surface area contributed by atoms with E-state index in [-0.39, 0.29) is 0 Å². The van der Waals surface area contributed by atoms with Crippen molar-refractivity contribution in [3.05, 3.63) is 15.0 Å². The summed E-state index contributed by atoms with van der Waals surface area (Å²) < 4.78 is 0.817. The molecule has 4 heteroatoms. The highest BCUT2D eigenvalue weighted by atomic mass is 79.9. The predicted octanol–water partition coefficient (Wildman–Crippen LogP) is 2.67. The summed E-state index contributed by atoms with van der Waals surface area (Å²) in [5.41, 5.74) is 1.19. The molecule has 1 fully saturated rings. The summed E-state index contributed by atoms with van der Waals surface area (Å²) >= 11 is 4.89. The summed E-state index contributed by atoms with van der Waals surface area (Å²) in [5, 5.41) is 10.2. The molecular formula is C8H10BrNOS. The number of aliphatic hydroxyl groups is 1. The largest absolute Gasteiger partial charge is 0.384 e. The molecule has 0 saturated heterocycles. The van der Waals surface area contributed by atoms with E-state index in [1.807, 2.05) is 0 Å². The van der Waals surface area contributed by atoms with E-state index >= 15 is 0 Å². The van der Waals surface area contributed by atoms with Gasteiger partial charge in [-0.25, -0.2) is 4.98 Å². The molecule has 0 unspecified atom stereocenters. The Labute approximate surface area is 83.8 Å². The van der Waals surface area contributed by atoms with Crippen LogP contribution in [0.15, 0.2) is 10.1 Å². The van der Waals surface area contributed by atoms with Crippen LogP contribution in [0, 0.1) is 0 Å². The second-order valence-corrected chi connectivity index (χ2v) is 4.82. The van der Waals surface area contributed by atoms with Crippen molar-refractivity contribution in [2.24, 2.45) is 0 Å². The van der Waals surface area contributed by atoms with Gasteiger partial charge in [-0.3, -0.25) is 0 Å². The molecule has 0 aromatic carbocycles. The molecule has 2 nitrogen and oxygen atoms in total. The van der Waals surface area contributed by atoms with Crippen LogP contribution in [0.3, 0.4) is 0 Å². The predicted molar refractivity (Wildman–Crippen MR) is 52.2 cm³/mol. The number of nitrogens with zero attached hydrogens (tertiary/aromatic N) is 1. The topological polar surface area (TPSA) is 33.1 Å². The third-order valence-corrected chi connectivity index (χ3v) is 4.26. The standard InChI is InChI=1S/C8H10BrNOS/c9-7-6(12-5-10-7)8(11)3-1-2-4-8/h5,11H,1-4H2. The lowest BCUT2D eigenvalue weighted by Gasteiger charge is -2.19. The first kappa shape index (κ1) is 8.66. The molecule has 12 heavy (non-hydrogen) atoms. The Morgan fingerprint density at radius 3 is 2.67 bits per heavy atom. The SMILES string of the molecule is OC1(c2scnc2Br)CCCC1. The zero-order chi connectivity index (χ0) is 8.60. The number of hydrogen-bond acceptors (Lipinski definition) is 3. The molecule has 66 valence electrons. The van der Waals surface area contributed by atoms with Gasteiger partial charge in [0.2, 0.25) is 0 Å². The van der Waals surface area contributed by atoms with Gasteiger partial charge in [0, 0.05) is 0 Å². The van der Waals surface area contributed by atoms with Crippen molar-refractivity contribution in [1.29, 1.82) is 0 Å². The van der Waals surface area contributed by atoms with Crippen molar-refractivity contribution in [3.8, 4) is 0 Å². The molecule has 1 aromatic heterocycles. The molecule has 1 aliphatic rings. The van der Waals surface area contributed by atoms with Crippen molar-refractivity contribution in [1.82, 2.24) is 4.98 Å². The number of thiazole rings is 1. The van der Waals surface area contributed by atoms with E-state index in [2.05, 4.69) is 20.9 Å². The van der Waals surface area contributed by atoms with Gasteiger partial charge in [-0.1, -0.05) is 12.8 Å². The minimum Gasteiger partial charge on any atom is -0.384 e. The molecule has 0 atom stereocenters. The van der Waals surface area contributed by atoms with Gasteiger partial charge in [-0.15, -0.1) is 11.3 Å². The smallest absolute Gasteiger partial charge is 0.123 e. The average Bonchev–Trinajstić information content (AvgIpc) is 2.59. The first-order valence-electron chi connectivity index (χ1n) is 4.04. The maximum Gasteiger partial charge on any atom is 0.123 e. The minimum atomic E-state index is -0.583. The van der Waals surface area contributed by atoms with Crippen LogP contribution >= 0.6 is 27.3 Å². The zero-order valence-corrected chi connectivity index (χ0v) is 8.99. The summed E-state index contributed by atoms with van der Waals surface area (Å²) in [6, 6.07) is 0. The molecule has 1 aromatic rings. The maximum atomic E-state index is 10.2. The minimum absolute atomic E-state index is 0.583. The molecule has 0 radical (unpaired) electrons. The van der Waals surface area contributed by atoms with Crippen LogP contribution in [0.5, 0.6) is 0 Å². The lowest BCUT2D eigenvalue weighted by molar-refractivity contribution is 0.0474. The molecule has 1 N–H and O–H groups in total. The van der Waals surface area contributed by atoms with Crippen LogP contribution in [0.2, 0.25) is 0 Å². The van der Waals surface area contributed by atoms with Crippen LogP contribution < -0.4 is 0 Å². The summed E-state index contributed by atoms with van der Waals surface area (Å²) in [6.45, 7) is 0. The summed E-state index contributed by atoms with van der Waals surface area (Å²) in [7, 11) is 0. The molecule has 0 aliphatic heterocycles. The molecule has 1 heterocycles. The Morgan fingerprint density at radius 2 is 2.17 bits per heavy atom. The highest BCUT2D eigenvalue weighted by Crippen LogP contribution is 2.43. The third-order valence-electron chi connectivity index (χ3n) is 2.38. The van der Waals surface area contributed by atoms with Crippen LogP contribution in [0.1, 0.15) is 30.6 Å². The monoisotopic (exact) mass is 247 g/mol. The van der Waals surface area contributed by atoms with E-state index in [4.69, 9.17) is 0 Å². The Morgan fingerprint density at radius 1 is 1.50 bits per heavy atom. The van der Waals surface area contributed by atoms with Crippen LogP contribution in [-0.4, -0.2) is 10.1 Å². The van der Waals surface area contributed by atoms with Crippen LogP contribution in [0.4, 0.5) is 0 Å². The summed E-state index contributed by atoms with van der Waals surface area (Å²) in [6.07, 6.45) is 4.02. The van der Waals surface area contributed by atoms with Crippen molar-refractivity contribution in [3.63, 3.8) is 0 Å². The highest BCUT2D eigenvalue weighted by molar-refractivity contribution is 9.10. The Kier molecular flexibility index (Phi) is 2.23. The van der Waals surface area contributed by atoms with E-state index < -0.39 is 5.60 Å². The van der Waals surface area contributed by atoms with E-state index in [1.165, 1.54) is 11.3 Å². The second-order valence-electron chi connectivity index (χ2n) is 3.21. The lowest BCUT2D eigenvalue weighted by atomic mass is 10.0.